The number of nitrogens with two attached hydrogens (primary N) is 1. The van der Waals surface area contributed by atoms with Crippen molar-refractivity contribution in [3.63, 3.8) is 0 Å². The van der Waals surface area contributed by atoms with Crippen LogP contribution in [0, 0.1) is 5.92 Å². The first kappa shape index (κ1) is 13.4. The Balaban J connectivity index is 0.000000364. The van der Waals surface area contributed by atoms with E-state index < -0.39 is 5.97 Å². The summed E-state index contributed by atoms with van der Waals surface area (Å²) in [6.07, 6.45) is 6.56. The minimum absolute atomic E-state index is 0.179. The topological polar surface area (TPSA) is 63.3 Å². The van der Waals surface area contributed by atoms with Crippen molar-refractivity contribution in [3.05, 3.63) is 0 Å². The fraction of sp³-hybridized carbons (Fsp3) is 0.909. The molecule has 1 fully saturated rings. The highest BCUT2D eigenvalue weighted by Crippen LogP contribution is 2.31. The van der Waals surface area contributed by atoms with E-state index in [-0.39, 0.29) is 5.54 Å². The molecule has 0 heterocycles. The van der Waals surface area contributed by atoms with Crippen LogP contribution in [-0.4, -0.2) is 16.6 Å². The zero-order valence-corrected chi connectivity index (χ0v) is 9.55. The zero-order chi connectivity index (χ0) is 11.2. The maximum atomic E-state index is 9.00. The van der Waals surface area contributed by atoms with Gasteiger partial charge in [0.15, 0.2) is 0 Å². The number of carboxylic acid groups (broad SMARTS) is 1. The van der Waals surface area contributed by atoms with Gasteiger partial charge in [0.2, 0.25) is 0 Å². The lowest BCUT2D eigenvalue weighted by Crippen LogP contribution is -2.46. The average molecular weight is 201 g/mol. The number of aliphatic carboxylic acids is 1. The maximum absolute atomic E-state index is 9.00. The lowest BCUT2D eigenvalue weighted by molar-refractivity contribution is -0.134. The summed E-state index contributed by atoms with van der Waals surface area (Å²) < 4.78 is 0. The van der Waals surface area contributed by atoms with Gasteiger partial charge in [0.25, 0.3) is 5.97 Å². The van der Waals surface area contributed by atoms with E-state index in [1.54, 1.807) is 0 Å². The van der Waals surface area contributed by atoms with Gasteiger partial charge in [0.1, 0.15) is 0 Å². The van der Waals surface area contributed by atoms with E-state index in [9.17, 15) is 0 Å². The standard InChI is InChI=1S/C9H19N.C2H4O2/c1-8(2)9(10)6-4-3-5-7-9;1-2(3)4/h8H,3-7,10H2,1-2H3;1H3,(H,3,4). The molecule has 14 heavy (non-hydrogen) atoms. The number of rotatable bonds is 1. The zero-order valence-electron chi connectivity index (χ0n) is 9.55. The molecule has 0 radical (unpaired) electrons. The molecular weight excluding hydrogens is 178 g/mol. The Morgan fingerprint density at radius 2 is 1.64 bits per heavy atom. The van der Waals surface area contributed by atoms with E-state index in [0.29, 0.717) is 5.92 Å². The molecule has 1 aliphatic carbocycles. The molecule has 1 rings (SSSR count). The van der Waals surface area contributed by atoms with Gasteiger partial charge in [-0.15, -0.1) is 0 Å². The molecule has 0 bridgehead atoms. The van der Waals surface area contributed by atoms with Crippen LogP contribution in [0.1, 0.15) is 52.9 Å². The van der Waals surface area contributed by atoms with E-state index in [2.05, 4.69) is 13.8 Å². The van der Waals surface area contributed by atoms with E-state index >= 15 is 0 Å². The SMILES string of the molecule is CC(=O)O.CC(C)C1(N)CCCCC1. The molecule has 0 aromatic rings. The first-order valence-electron chi connectivity index (χ1n) is 5.37. The third kappa shape index (κ3) is 5.22. The van der Waals surface area contributed by atoms with Crippen molar-refractivity contribution < 1.29 is 9.90 Å². The van der Waals surface area contributed by atoms with E-state index in [1.807, 2.05) is 0 Å². The third-order valence-corrected chi connectivity index (χ3v) is 2.93. The van der Waals surface area contributed by atoms with Gasteiger partial charge in [-0.05, 0) is 18.8 Å². The fourth-order valence-electron chi connectivity index (χ4n) is 1.79. The van der Waals surface area contributed by atoms with Gasteiger partial charge >= 0.3 is 0 Å². The second-order valence-electron chi connectivity index (χ2n) is 4.47. The van der Waals surface area contributed by atoms with E-state index in [0.717, 1.165) is 6.92 Å². The van der Waals surface area contributed by atoms with Gasteiger partial charge < -0.3 is 10.8 Å². The van der Waals surface area contributed by atoms with Crippen molar-refractivity contribution in [2.45, 2.75) is 58.4 Å². The largest absolute Gasteiger partial charge is 0.481 e. The normalized spacial score (nSPS) is 19.8. The molecule has 0 saturated heterocycles. The summed E-state index contributed by atoms with van der Waals surface area (Å²) in [5.74, 6) is -0.173. The maximum Gasteiger partial charge on any atom is 0.300 e. The Kier molecular flexibility index (Phi) is 5.77. The molecule has 3 nitrogen and oxygen atoms in total. The number of hydrogen-bond acceptors (Lipinski definition) is 2. The van der Waals surface area contributed by atoms with Crippen molar-refractivity contribution in [1.82, 2.24) is 0 Å². The van der Waals surface area contributed by atoms with Gasteiger partial charge in [-0.2, -0.15) is 0 Å². The molecule has 3 heteroatoms. The lowest BCUT2D eigenvalue weighted by Gasteiger charge is -2.37. The fourth-order valence-corrected chi connectivity index (χ4v) is 1.79. The molecule has 0 unspecified atom stereocenters. The van der Waals surface area contributed by atoms with E-state index in [1.165, 1.54) is 32.1 Å². The first-order chi connectivity index (χ1) is 6.38. The minimum Gasteiger partial charge on any atom is -0.481 e. The lowest BCUT2D eigenvalue weighted by atomic mass is 9.75. The molecular formula is C11H23NO2. The van der Waals surface area contributed by atoms with Crippen LogP contribution >= 0.6 is 0 Å². The molecule has 0 aromatic heterocycles. The summed E-state index contributed by atoms with van der Waals surface area (Å²) >= 11 is 0. The molecule has 0 amide bonds. The molecule has 1 aliphatic rings. The summed E-state index contributed by atoms with van der Waals surface area (Å²) in [5, 5.41) is 7.42. The third-order valence-electron chi connectivity index (χ3n) is 2.93. The van der Waals surface area contributed by atoms with Crippen molar-refractivity contribution >= 4 is 5.97 Å². The summed E-state index contributed by atoms with van der Waals surface area (Å²) in [6, 6.07) is 0. The molecule has 3 N–H and O–H groups in total. The summed E-state index contributed by atoms with van der Waals surface area (Å²) in [7, 11) is 0. The minimum atomic E-state index is -0.833. The van der Waals surface area contributed by atoms with Gasteiger partial charge in [-0.1, -0.05) is 33.1 Å². The molecule has 0 spiro atoms. The summed E-state index contributed by atoms with van der Waals surface area (Å²) in [5.41, 5.74) is 6.38. The van der Waals surface area contributed by atoms with Gasteiger partial charge in [-0.3, -0.25) is 4.79 Å². The van der Waals surface area contributed by atoms with E-state index in [4.69, 9.17) is 15.6 Å². The van der Waals surface area contributed by atoms with Crippen molar-refractivity contribution in [1.29, 1.82) is 0 Å². The highest BCUT2D eigenvalue weighted by molar-refractivity contribution is 5.62. The number of carbonyl (C=O) groups is 1. The van der Waals surface area contributed by atoms with Crippen LogP contribution in [0.3, 0.4) is 0 Å². The van der Waals surface area contributed by atoms with Crippen molar-refractivity contribution in [3.8, 4) is 0 Å². The Bertz CT molecular complexity index is 168. The Morgan fingerprint density at radius 3 is 1.86 bits per heavy atom. The molecule has 0 aliphatic heterocycles. The van der Waals surface area contributed by atoms with Crippen LogP contribution < -0.4 is 5.73 Å². The molecule has 0 aromatic carbocycles. The van der Waals surface area contributed by atoms with Crippen LogP contribution in [0.15, 0.2) is 0 Å². The highest BCUT2D eigenvalue weighted by Gasteiger charge is 2.30. The predicted molar refractivity (Wildman–Crippen MR) is 58.2 cm³/mol. The molecule has 84 valence electrons. The molecule has 0 atom stereocenters. The van der Waals surface area contributed by atoms with Crippen LogP contribution in [0.5, 0.6) is 0 Å². The van der Waals surface area contributed by atoms with Gasteiger partial charge in [-0.25, -0.2) is 0 Å². The number of hydrogen-bond donors (Lipinski definition) is 2. The molecule has 1 saturated carbocycles. The average Bonchev–Trinajstić information content (AvgIpc) is 2.04. The highest BCUT2D eigenvalue weighted by atomic mass is 16.4. The first-order valence-corrected chi connectivity index (χ1v) is 5.37. The Hall–Kier alpha value is -0.570. The Labute approximate surface area is 86.7 Å². The van der Waals surface area contributed by atoms with Crippen LogP contribution in [0.4, 0.5) is 0 Å². The smallest absolute Gasteiger partial charge is 0.300 e. The van der Waals surface area contributed by atoms with Crippen LogP contribution in [0.25, 0.3) is 0 Å². The van der Waals surface area contributed by atoms with Crippen molar-refractivity contribution in [2.24, 2.45) is 11.7 Å². The van der Waals surface area contributed by atoms with Gasteiger partial charge in [0, 0.05) is 12.5 Å². The summed E-state index contributed by atoms with van der Waals surface area (Å²) in [4.78, 5) is 9.00. The second kappa shape index (κ2) is 6.02. The number of carboxylic acids is 1. The van der Waals surface area contributed by atoms with Crippen LogP contribution in [-0.2, 0) is 4.79 Å². The summed E-state index contributed by atoms with van der Waals surface area (Å²) in [6.45, 7) is 5.57. The Morgan fingerprint density at radius 1 is 1.29 bits per heavy atom. The van der Waals surface area contributed by atoms with Crippen LogP contribution in [0.2, 0.25) is 0 Å². The second-order valence-corrected chi connectivity index (χ2v) is 4.47. The van der Waals surface area contributed by atoms with Gasteiger partial charge in [0.05, 0.1) is 0 Å². The predicted octanol–water partition coefficient (Wildman–Crippen LogP) is 2.39. The van der Waals surface area contributed by atoms with Crippen molar-refractivity contribution in [2.75, 3.05) is 0 Å². The quantitative estimate of drug-likeness (QED) is 0.684. The monoisotopic (exact) mass is 201 g/mol.